The van der Waals surface area contributed by atoms with Gasteiger partial charge >= 0.3 is 0 Å². The van der Waals surface area contributed by atoms with E-state index in [0.29, 0.717) is 12.2 Å². The van der Waals surface area contributed by atoms with Gasteiger partial charge in [-0.2, -0.15) is 5.10 Å². The van der Waals surface area contributed by atoms with E-state index in [-0.39, 0.29) is 17.3 Å². The third-order valence-corrected chi connectivity index (χ3v) is 6.28. The minimum atomic E-state index is -0.458. The van der Waals surface area contributed by atoms with Gasteiger partial charge < -0.3 is 5.32 Å². The maximum Gasteiger partial charge on any atom is 0.271 e. The smallest absolute Gasteiger partial charge is 0.271 e. The van der Waals surface area contributed by atoms with Crippen LogP contribution in [0.15, 0.2) is 54.0 Å². The van der Waals surface area contributed by atoms with Crippen LogP contribution in [0.4, 0.5) is 5.69 Å². The summed E-state index contributed by atoms with van der Waals surface area (Å²) in [6, 6.07) is 11.7. The lowest BCUT2D eigenvalue weighted by Crippen LogP contribution is -2.26. The molecule has 30 heavy (non-hydrogen) atoms. The number of amides is 1. The highest BCUT2D eigenvalue weighted by molar-refractivity contribution is 7.16. The molecule has 1 amide bonds. The van der Waals surface area contributed by atoms with E-state index in [4.69, 9.17) is 0 Å². The van der Waals surface area contributed by atoms with Crippen LogP contribution in [-0.4, -0.2) is 32.1 Å². The summed E-state index contributed by atoms with van der Waals surface area (Å²) < 4.78 is 1.51. The SMILES string of the molecule is Cc1nc(-c2ccc(CCNC(=O)c3ccn(-c4ccc([N+](=O)[O-])cc4)n3)s2)cs1. The number of nitrogens with zero attached hydrogens (tertiary/aromatic N) is 4. The minimum Gasteiger partial charge on any atom is -0.350 e. The van der Waals surface area contributed by atoms with Crippen molar-refractivity contribution in [3.63, 3.8) is 0 Å². The summed E-state index contributed by atoms with van der Waals surface area (Å²) in [6.07, 6.45) is 2.38. The normalized spacial score (nSPS) is 10.8. The van der Waals surface area contributed by atoms with Gasteiger partial charge in [0.1, 0.15) is 0 Å². The molecule has 0 radical (unpaired) electrons. The van der Waals surface area contributed by atoms with Gasteiger partial charge in [-0.25, -0.2) is 9.67 Å². The van der Waals surface area contributed by atoms with E-state index < -0.39 is 4.92 Å². The van der Waals surface area contributed by atoms with Crippen molar-refractivity contribution >= 4 is 34.3 Å². The summed E-state index contributed by atoms with van der Waals surface area (Å²) in [6.45, 7) is 2.49. The molecule has 0 aliphatic rings. The Kier molecular flexibility index (Phi) is 5.68. The maximum absolute atomic E-state index is 12.4. The Morgan fingerprint density at radius 1 is 1.20 bits per heavy atom. The van der Waals surface area contributed by atoms with Gasteiger partial charge in [-0.05, 0) is 43.7 Å². The van der Waals surface area contributed by atoms with Crippen molar-refractivity contribution in [1.29, 1.82) is 0 Å². The number of thiazole rings is 1. The molecule has 0 bridgehead atoms. The highest BCUT2D eigenvalue weighted by Crippen LogP contribution is 2.29. The largest absolute Gasteiger partial charge is 0.350 e. The zero-order chi connectivity index (χ0) is 21.1. The third-order valence-electron chi connectivity index (χ3n) is 4.34. The zero-order valence-electron chi connectivity index (χ0n) is 15.9. The topological polar surface area (TPSA) is 103 Å². The Morgan fingerprint density at radius 2 is 2.00 bits per heavy atom. The number of benzene rings is 1. The number of hydrogen-bond donors (Lipinski definition) is 1. The number of aromatic nitrogens is 3. The number of carbonyl (C=O) groups excluding carboxylic acids is 1. The second-order valence-corrected chi connectivity index (χ2v) is 8.67. The van der Waals surface area contributed by atoms with Gasteiger partial charge in [0.15, 0.2) is 5.69 Å². The zero-order valence-corrected chi connectivity index (χ0v) is 17.6. The second kappa shape index (κ2) is 8.56. The molecule has 0 atom stereocenters. The molecule has 152 valence electrons. The molecule has 10 heteroatoms. The number of hydrogen-bond acceptors (Lipinski definition) is 7. The van der Waals surface area contributed by atoms with Crippen molar-refractivity contribution in [2.24, 2.45) is 0 Å². The van der Waals surface area contributed by atoms with Gasteiger partial charge in [-0.3, -0.25) is 14.9 Å². The number of non-ortho nitro benzene ring substituents is 1. The third kappa shape index (κ3) is 4.44. The Labute approximate surface area is 180 Å². The van der Waals surface area contributed by atoms with E-state index in [2.05, 4.69) is 27.5 Å². The summed E-state index contributed by atoms with van der Waals surface area (Å²) in [5.41, 5.74) is 1.93. The first-order valence-corrected chi connectivity index (χ1v) is 10.8. The maximum atomic E-state index is 12.4. The lowest BCUT2D eigenvalue weighted by Gasteiger charge is -2.02. The van der Waals surface area contributed by atoms with Crippen LogP contribution in [0.2, 0.25) is 0 Å². The fraction of sp³-hybridized carbons (Fsp3) is 0.150. The van der Waals surface area contributed by atoms with E-state index in [1.807, 2.05) is 12.3 Å². The lowest BCUT2D eigenvalue weighted by atomic mass is 10.3. The van der Waals surface area contributed by atoms with Crippen LogP contribution in [0, 0.1) is 17.0 Å². The molecule has 0 aliphatic carbocycles. The lowest BCUT2D eigenvalue weighted by molar-refractivity contribution is -0.384. The predicted molar refractivity (Wildman–Crippen MR) is 116 cm³/mol. The number of nitrogens with one attached hydrogen (secondary N) is 1. The second-order valence-electron chi connectivity index (χ2n) is 6.44. The summed E-state index contributed by atoms with van der Waals surface area (Å²) in [4.78, 5) is 29.5. The van der Waals surface area contributed by atoms with Gasteiger partial charge in [0.2, 0.25) is 0 Å². The summed E-state index contributed by atoms with van der Waals surface area (Å²) in [7, 11) is 0. The quantitative estimate of drug-likeness (QED) is 0.343. The average Bonchev–Trinajstić information content (AvgIpc) is 3.48. The van der Waals surface area contributed by atoms with Crippen LogP contribution in [0.1, 0.15) is 20.4 Å². The molecule has 0 fully saturated rings. The molecule has 0 unspecified atom stereocenters. The first-order chi connectivity index (χ1) is 14.5. The van der Waals surface area contributed by atoms with E-state index in [0.717, 1.165) is 22.0 Å². The van der Waals surface area contributed by atoms with Gasteiger partial charge in [0, 0.05) is 35.1 Å². The van der Waals surface area contributed by atoms with Crippen LogP contribution in [0.25, 0.3) is 16.3 Å². The van der Waals surface area contributed by atoms with Crippen LogP contribution < -0.4 is 5.32 Å². The molecule has 0 spiro atoms. The molecule has 0 aliphatic heterocycles. The highest BCUT2D eigenvalue weighted by atomic mass is 32.1. The van der Waals surface area contributed by atoms with Gasteiger partial charge in [-0.1, -0.05) is 0 Å². The molecule has 1 aromatic carbocycles. The molecule has 8 nitrogen and oxygen atoms in total. The monoisotopic (exact) mass is 439 g/mol. The predicted octanol–water partition coefficient (Wildman–Crippen LogP) is 4.25. The van der Waals surface area contributed by atoms with E-state index >= 15 is 0 Å². The molecule has 1 N–H and O–H groups in total. The van der Waals surface area contributed by atoms with Crippen molar-refractivity contribution < 1.29 is 9.72 Å². The fourth-order valence-electron chi connectivity index (χ4n) is 2.83. The van der Waals surface area contributed by atoms with Crippen molar-refractivity contribution in [3.8, 4) is 16.3 Å². The van der Waals surface area contributed by atoms with Gasteiger partial charge in [-0.15, -0.1) is 22.7 Å². The molecular formula is C20H17N5O3S2. The molecule has 0 saturated carbocycles. The molecular weight excluding hydrogens is 422 g/mol. The van der Waals surface area contributed by atoms with Crippen molar-refractivity contribution in [2.75, 3.05) is 6.54 Å². The first-order valence-electron chi connectivity index (χ1n) is 9.09. The summed E-state index contributed by atoms with van der Waals surface area (Å²) in [5, 5.41) is 21.0. The minimum absolute atomic E-state index is 0.00511. The number of rotatable bonds is 7. The Hall–Kier alpha value is -3.37. The molecule has 3 aromatic heterocycles. The molecule has 4 aromatic rings. The molecule has 4 rings (SSSR count). The van der Waals surface area contributed by atoms with Crippen LogP contribution in [-0.2, 0) is 6.42 Å². The fourth-order valence-corrected chi connectivity index (χ4v) is 4.49. The molecule has 0 saturated heterocycles. The standard InChI is InChI=1S/C20H17N5O3S2/c1-13-22-18(12-29-13)19-7-6-16(30-19)8-10-21-20(26)17-9-11-24(23-17)14-2-4-15(5-3-14)25(27)28/h2-7,9,11-12H,8,10H2,1H3,(H,21,26). The number of aryl methyl sites for hydroxylation is 1. The molecule has 3 heterocycles. The van der Waals surface area contributed by atoms with Crippen LogP contribution in [0.5, 0.6) is 0 Å². The highest BCUT2D eigenvalue weighted by Gasteiger charge is 2.12. The summed E-state index contributed by atoms with van der Waals surface area (Å²) in [5.74, 6) is -0.262. The van der Waals surface area contributed by atoms with Crippen molar-refractivity contribution in [2.45, 2.75) is 13.3 Å². The van der Waals surface area contributed by atoms with Gasteiger partial charge in [0.25, 0.3) is 11.6 Å². The number of carbonyl (C=O) groups is 1. The number of nitro groups is 1. The number of thiophene rings is 1. The Bertz CT molecular complexity index is 1190. The van der Waals surface area contributed by atoms with Crippen LogP contribution in [0.3, 0.4) is 0 Å². The van der Waals surface area contributed by atoms with Crippen LogP contribution >= 0.6 is 22.7 Å². The first kappa shape index (κ1) is 19.9. The Morgan fingerprint density at radius 3 is 2.70 bits per heavy atom. The average molecular weight is 440 g/mol. The van der Waals surface area contributed by atoms with Gasteiger partial charge in [0.05, 0.1) is 26.2 Å². The number of nitro benzene ring substituents is 1. The van der Waals surface area contributed by atoms with Crippen molar-refractivity contribution in [1.82, 2.24) is 20.1 Å². The van der Waals surface area contributed by atoms with Crippen molar-refractivity contribution in [3.05, 3.63) is 79.7 Å². The summed E-state index contributed by atoms with van der Waals surface area (Å²) >= 11 is 3.31. The Balaban J connectivity index is 1.33. The van der Waals surface area contributed by atoms with E-state index in [1.54, 1.807) is 47.1 Å². The van der Waals surface area contributed by atoms with E-state index in [9.17, 15) is 14.9 Å². The van der Waals surface area contributed by atoms with E-state index in [1.165, 1.54) is 21.7 Å².